The number of hydrogen-bond acceptors (Lipinski definition) is 1. The molecular weight excluding hydrogens is 142 g/mol. The molecule has 2 rings (SSSR count). The second-order valence-electron chi connectivity index (χ2n) is 2.61. The monoisotopic (exact) mass is 151 g/mol. The summed E-state index contributed by atoms with van der Waals surface area (Å²) in [6, 6.07) is 2.20. The van der Waals surface area contributed by atoms with Crippen LogP contribution in [0.3, 0.4) is 0 Å². The van der Waals surface area contributed by atoms with Crippen molar-refractivity contribution in [2.45, 2.75) is 13.8 Å². The van der Waals surface area contributed by atoms with Gasteiger partial charge in [0.25, 0.3) is 0 Å². The van der Waals surface area contributed by atoms with Crippen LogP contribution in [-0.2, 0) is 0 Å². The van der Waals surface area contributed by atoms with Crippen LogP contribution in [0.4, 0.5) is 0 Å². The van der Waals surface area contributed by atoms with Gasteiger partial charge in [0.15, 0.2) is 0 Å². The van der Waals surface area contributed by atoms with Crippen molar-refractivity contribution < 1.29 is 0 Å². The lowest BCUT2D eigenvalue weighted by Crippen LogP contribution is -1.62. The molecule has 2 heterocycles. The van der Waals surface area contributed by atoms with Crippen LogP contribution in [0.1, 0.15) is 11.3 Å². The Balaban J connectivity index is 2.90. The molecule has 0 aliphatic carbocycles. The van der Waals surface area contributed by atoms with E-state index in [-0.39, 0.29) is 0 Å². The molecule has 0 bridgehead atoms. The Morgan fingerprint density at radius 3 is 2.90 bits per heavy atom. The Labute approximate surface area is 63.7 Å². The normalized spacial score (nSPS) is 11.0. The molecule has 0 aliphatic rings. The third-order valence-corrected chi connectivity index (χ3v) is 2.72. The Morgan fingerprint density at radius 1 is 1.40 bits per heavy atom. The van der Waals surface area contributed by atoms with Crippen molar-refractivity contribution in [2.75, 3.05) is 0 Å². The highest BCUT2D eigenvalue weighted by atomic mass is 32.1. The molecular formula is C8H9NS. The summed E-state index contributed by atoms with van der Waals surface area (Å²) in [6.45, 7) is 4.23. The van der Waals surface area contributed by atoms with E-state index in [9.17, 15) is 0 Å². The van der Waals surface area contributed by atoms with Crippen LogP contribution in [0.25, 0.3) is 10.2 Å². The van der Waals surface area contributed by atoms with Crippen LogP contribution in [-0.4, -0.2) is 4.98 Å². The molecule has 0 aromatic carbocycles. The van der Waals surface area contributed by atoms with E-state index in [1.54, 1.807) is 11.3 Å². The third-order valence-electron chi connectivity index (χ3n) is 1.69. The largest absolute Gasteiger partial charge is 0.350 e. The Bertz CT molecular complexity index is 356. The summed E-state index contributed by atoms with van der Waals surface area (Å²) in [5.41, 5.74) is 2.63. The highest BCUT2D eigenvalue weighted by molar-refractivity contribution is 7.17. The number of H-pyrrole nitrogens is 1. The van der Waals surface area contributed by atoms with E-state index in [0.29, 0.717) is 0 Å². The molecule has 0 atom stereocenters. The summed E-state index contributed by atoms with van der Waals surface area (Å²) in [4.78, 5) is 4.60. The molecule has 0 unspecified atom stereocenters. The van der Waals surface area contributed by atoms with E-state index in [0.717, 1.165) is 0 Å². The molecule has 1 nitrogen and oxygen atoms in total. The van der Waals surface area contributed by atoms with Crippen molar-refractivity contribution in [3.63, 3.8) is 0 Å². The zero-order chi connectivity index (χ0) is 7.14. The minimum atomic E-state index is 1.25. The molecule has 1 N–H and O–H groups in total. The maximum atomic E-state index is 3.30. The van der Waals surface area contributed by atoms with Gasteiger partial charge < -0.3 is 4.98 Å². The van der Waals surface area contributed by atoms with Gasteiger partial charge >= 0.3 is 0 Å². The van der Waals surface area contributed by atoms with Gasteiger partial charge in [-0.2, -0.15) is 0 Å². The Hall–Kier alpha value is -0.760. The van der Waals surface area contributed by atoms with E-state index in [4.69, 9.17) is 0 Å². The van der Waals surface area contributed by atoms with E-state index in [1.807, 2.05) is 0 Å². The number of rotatable bonds is 0. The molecule has 10 heavy (non-hydrogen) atoms. The van der Waals surface area contributed by atoms with Crippen molar-refractivity contribution >= 4 is 21.6 Å². The van der Waals surface area contributed by atoms with Gasteiger partial charge in [0.05, 0.1) is 0 Å². The Morgan fingerprint density at radius 2 is 2.20 bits per heavy atom. The average molecular weight is 151 g/mol. The molecule has 0 radical (unpaired) electrons. The number of hydrogen-bond donors (Lipinski definition) is 1. The highest BCUT2D eigenvalue weighted by Gasteiger charge is 2.00. The summed E-state index contributed by atoms with van der Waals surface area (Å²) in [7, 11) is 0. The number of aromatic nitrogens is 1. The van der Waals surface area contributed by atoms with Crippen LogP contribution in [0, 0.1) is 13.8 Å². The van der Waals surface area contributed by atoms with Gasteiger partial charge in [-0.1, -0.05) is 0 Å². The number of thiophene rings is 1. The van der Waals surface area contributed by atoms with Crippen LogP contribution in [0.5, 0.6) is 0 Å². The lowest BCUT2D eigenvalue weighted by molar-refractivity contribution is 1.31. The molecule has 0 fully saturated rings. The van der Waals surface area contributed by atoms with Gasteiger partial charge in [-0.05, 0) is 30.9 Å². The molecule has 0 amide bonds. The smallest absolute Gasteiger partial charge is 0.100 e. The predicted octanol–water partition coefficient (Wildman–Crippen LogP) is 2.85. The average Bonchev–Trinajstić information content (AvgIpc) is 2.35. The summed E-state index contributed by atoms with van der Waals surface area (Å²) >= 11 is 1.78. The summed E-state index contributed by atoms with van der Waals surface area (Å²) < 4.78 is 0. The number of aryl methyl sites for hydroxylation is 2. The van der Waals surface area contributed by atoms with Crippen LogP contribution >= 0.6 is 11.3 Å². The second kappa shape index (κ2) is 1.86. The van der Waals surface area contributed by atoms with Gasteiger partial charge in [-0.25, -0.2) is 0 Å². The third kappa shape index (κ3) is 0.688. The van der Waals surface area contributed by atoms with Crippen molar-refractivity contribution in [1.82, 2.24) is 4.98 Å². The minimum absolute atomic E-state index is 1.25. The van der Waals surface area contributed by atoms with Gasteiger partial charge in [0.1, 0.15) is 4.83 Å². The van der Waals surface area contributed by atoms with Gasteiger partial charge in [0.2, 0.25) is 0 Å². The lowest BCUT2D eigenvalue weighted by Gasteiger charge is -1.77. The molecule has 0 aliphatic heterocycles. The first-order valence-corrected chi connectivity index (χ1v) is 4.19. The molecule has 0 spiro atoms. The molecule has 2 heteroatoms. The van der Waals surface area contributed by atoms with E-state index in [2.05, 4.69) is 30.3 Å². The number of nitrogens with one attached hydrogen (secondary N) is 1. The number of aromatic amines is 1. The van der Waals surface area contributed by atoms with Crippen molar-refractivity contribution in [2.24, 2.45) is 0 Å². The fourth-order valence-electron chi connectivity index (χ4n) is 1.16. The molecule has 0 saturated carbocycles. The first-order valence-electron chi connectivity index (χ1n) is 3.31. The first kappa shape index (κ1) is 5.98. The van der Waals surface area contributed by atoms with Gasteiger partial charge in [0, 0.05) is 11.1 Å². The first-order chi connectivity index (χ1) is 4.77. The maximum Gasteiger partial charge on any atom is 0.100 e. The maximum absolute atomic E-state index is 3.30. The van der Waals surface area contributed by atoms with Crippen molar-refractivity contribution in [3.8, 4) is 0 Å². The highest BCUT2D eigenvalue weighted by Crippen LogP contribution is 2.24. The van der Waals surface area contributed by atoms with E-state index in [1.165, 1.54) is 21.5 Å². The molecule has 2 aromatic rings. The van der Waals surface area contributed by atoms with Crippen molar-refractivity contribution in [1.29, 1.82) is 0 Å². The zero-order valence-electron chi connectivity index (χ0n) is 6.06. The van der Waals surface area contributed by atoms with E-state index < -0.39 is 0 Å². The second-order valence-corrected chi connectivity index (χ2v) is 3.49. The van der Waals surface area contributed by atoms with Crippen molar-refractivity contribution in [3.05, 3.63) is 22.7 Å². The summed E-state index contributed by atoms with van der Waals surface area (Å²) in [6.07, 6.45) is 0. The van der Waals surface area contributed by atoms with E-state index >= 15 is 0 Å². The summed E-state index contributed by atoms with van der Waals surface area (Å²) in [5, 5.41) is 3.56. The minimum Gasteiger partial charge on any atom is -0.350 e. The lowest BCUT2D eigenvalue weighted by atomic mass is 10.3. The van der Waals surface area contributed by atoms with Crippen LogP contribution < -0.4 is 0 Å². The summed E-state index contributed by atoms with van der Waals surface area (Å²) in [5.74, 6) is 0. The Kier molecular flexibility index (Phi) is 1.11. The van der Waals surface area contributed by atoms with Crippen LogP contribution in [0.15, 0.2) is 11.4 Å². The number of fused-ring (bicyclic) bond motifs is 1. The fourth-order valence-corrected chi connectivity index (χ4v) is 2.15. The SMILES string of the molecule is Cc1cc2c(C)csc2[nH]1. The molecule has 52 valence electrons. The van der Waals surface area contributed by atoms with Gasteiger partial charge in [-0.3, -0.25) is 0 Å². The van der Waals surface area contributed by atoms with Gasteiger partial charge in [-0.15, -0.1) is 11.3 Å². The standard InChI is InChI=1S/C8H9NS/c1-5-4-10-8-7(5)3-6(2)9-8/h3-4,9H,1-2H3. The zero-order valence-corrected chi connectivity index (χ0v) is 6.88. The molecule has 0 saturated heterocycles. The topological polar surface area (TPSA) is 15.8 Å². The fraction of sp³-hybridized carbons (Fsp3) is 0.250. The molecule has 2 aromatic heterocycles. The predicted molar refractivity (Wildman–Crippen MR) is 45.6 cm³/mol. The van der Waals surface area contributed by atoms with Crippen LogP contribution in [0.2, 0.25) is 0 Å². The quantitative estimate of drug-likeness (QED) is 0.596.